The third kappa shape index (κ3) is 5.94. The average molecular weight is 361 g/mol. The molecule has 2 aromatic rings. The second kappa shape index (κ2) is 8.16. The second-order valence-corrected chi connectivity index (χ2v) is 5.41. The van der Waals surface area contributed by atoms with Gasteiger partial charge in [0.25, 0.3) is 5.91 Å². The predicted octanol–water partition coefficient (Wildman–Crippen LogP) is 3.03. The molecule has 8 heteroatoms. The van der Waals surface area contributed by atoms with Crippen LogP contribution in [0.3, 0.4) is 0 Å². The first-order valence-electron chi connectivity index (χ1n) is 7.51. The molecule has 0 aliphatic rings. The first-order valence-corrected chi connectivity index (χ1v) is 7.51. The maximum absolute atomic E-state index is 12.1. The van der Waals surface area contributed by atoms with Crippen LogP contribution in [0.25, 0.3) is 0 Å². The summed E-state index contributed by atoms with van der Waals surface area (Å²) in [6.07, 6.45) is -4.64. The molecule has 2 rings (SSSR count). The molecule has 0 atom stereocenters. The molecule has 0 bridgehead atoms. The van der Waals surface area contributed by atoms with E-state index in [4.69, 9.17) is 5.26 Å². The molecule has 0 aliphatic carbocycles. The summed E-state index contributed by atoms with van der Waals surface area (Å²) in [6, 6.07) is 14.2. The van der Waals surface area contributed by atoms with Gasteiger partial charge in [-0.1, -0.05) is 12.1 Å². The maximum Gasteiger partial charge on any atom is 0.405 e. The summed E-state index contributed by atoms with van der Waals surface area (Å²) in [7, 11) is 0. The van der Waals surface area contributed by atoms with Crippen LogP contribution >= 0.6 is 0 Å². The SMILES string of the molecule is N#Cc1ccc(C(=O)Nc2ccc(CC(=O)NCC(F)(F)F)cc2)cc1. The van der Waals surface area contributed by atoms with Crippen LogP contribution in [-0.4, -0.2) is 24.5 Å². The van der Waals surface area contributed by atoms with Crippen molar-refractivity contribution < 1.29 is 22.8 Å². The topological polar surface area (TPSA) is 82.0 Å². The van der Waals surface area contributed by atoms with Gasteiger partial charge >= 0.3 is 6.18 Å². The maximum atomic E-state index is 12.1. The Bertz CT molecular complexity index is 823. The summed E-state index contributed by atoms with van der Waals surface area (Å²) in [4.78, 5) is 23.5. The Hall–Kier alpha value is -3.34. The Kier molecular flexibility index (Phi) is 5.96. The van der Waals surface area contributed by atoms with Gasteiger partial charge in [-0.2, -0.15) is 18.4 Å². The molecule has 0 spiro atoms. The van der Waals surface area contributed by atoms with E-state index in [0.717, 1.165) is 0 Å². The molecule has 0 unspecified atom stereocenters. The molecule has 0 fully saturated rings. The normalized spacial score (nSPS) is 10.7. The molecule has 134 valence electrons. The number of carbonyl (C=O) groups is 2. The first kappa shape index (κ1) is 19.0. The van der Waals surface area contributed by atoms with Gasteiger partial charge in [0.2, 0.25) is 5.91 Å². The lowest BCUT2D eigenvalue weighted by atomic mass is 10.1. The lowest BCUT2D eigenvalue weighted by Crippen LogP contribution is -2.34. The van der Waals surface area contributed by atoms with E-state index in [1.165, 1.54) is 24.3 Å². The minimum absolute atomic E-state index is 0.195. The molecular formula is C18H14F3N3O2. The summed E-state index contributed by atoms with van der Waals surface area (Å²) in [5.41, 5.74) is 1.80. The number of nitriles is 1. The number of anilines is 1. The quantitative estimate of drug-likeness (QED) is 0.859. The van der Waals surface area contributed by atoms with Crippen molar-refractivity contribution in [1.82, 2.24) is 5.32 Å². The van der Waals surface area contributed by atoms with Crippen LogP contribution in [-0.2, 0) is 11.2 Å². The van der Waals surface area contributed by atoms with Gasteiger partial charge in [-0.3, -0.25) is 9.59 Å². The van der Waals surface area contributed by atoms with E-state index < -0.39 is 18.6 Å². The fraction of sp³-hybridized carbons (Fsp3) is 0.167. The summed E-state index contributed by atoms with van der Waals surface area (Å²) >= 11 is 0. The zero-order chi connectivity index (χ0) is 19.2. The second-order valence-electron chi connectivity index (χ2n) is 5.41. The highest BCUT2D eigenvalue weighted by atomic mass is 19.4. The summed E-state index contributed by atoms with van der Waals surface area (Å²) < 4.78 is 36.1. The number of nitrogens with one attached hydrogen (secondary N) is 2. The van der Waals surface area contributed by atoms with Crippen LogP contribution in [0.4, 0.5) is 18.9 Å². The fourth-order valence-electron chi connectivity index (χ4n) is 2.05. The van der Waals surface area contributed by atoms with E-state index in [-0.39, 0.29) is 12.3 Å². The van der Waals surface area contributed by atoms with Crippen molar-refractivity contribution in [2.24, 2.45) is 0 Å². The van der Waals surface area contributed by atoms with Gasteiger partial charge in [-0.25, -0.2) is 0 Å². The summed E-state index contributed by atoms with van der Waals surface area (Å²) in [5.74, 6) is -1.11. The van der Waals surface area contributed by atoms with Crippen molar-refractivity contribution in [1.29, 1.82) is 5.26 Å². The van der Waals surface area contributed by atoms with Gasteiger partial charge in [0.1, 0.15) is 6.54 Å². The van der Waals surface area contributed by atoms with Gasteiger partial charge in [0.15, 0.2) is 0 Å². The van der Waals surface area contributed by atoms with Gasteiger partial charge < -0.3 is 10.6 Å². The first-order chi connectivity index (χ1) is 12.3. The van der Waals surface area contributed by atoms with Crippen molar-refractivity contribution in [3.05, 3.63) is 65.2 Å². The molecule has 5 nitrogen and oxygen atoms in total. The summed E-state index contributed by atoms with van der Waals surface area (Å²) in [5, 5.41) is 13.2. The number of carbonyl (C=O) groups excluding carboxylic acids is 2. The molecule has 0 radical (unpaired) electrons. The number of halogens is 3. The molecule has 26 heavy (non-hydrogen) atoms. The minimum atomic E-state index is -4.45. The molecule has 2 amide bonds. The molecule has 0 aromatic heterocycles. The number of hydrogen-bond acceptors (Lipinski definition) is 3. The lowest BCUT2D eigenvalue weighted by Gasteiger charge is -2.09. The number of hydrogen-bond donors (Lipinski definition) is 2. The van der Waals surface area contributed by atoms with E-state index in [2.05, 4.69) is 5.32 Å². The summed E-state index contributed by atoms with van der Waals surface area (Å²) in [6.45, 7) is -1.37. The monoisotopic (exact) mass is 361 g/mol. The van der Waals surface area contributed by atoms with Crippen molar-refractivity contribution in [2.45, 2.75) is 12.6 Å². The highest BCUT2D eigenvalue weighted by Crippen LogP contribution is 2.14. The number of alkyl halides is 3. The Labute approximate surface area is 147 Å². The van der Waals surface area contributed by atoms with Crippen LogP contribution in [0.15, 0.2) is 48.5 Å². The van der Waals surface area contributed by atoms with Crippen LogP contribution in [0, 0.1) is 11.3 Å². The zero-order valence-electron chi connectivity index (χ0n) is 13.4. The van der Waals surface area contributed by atoms with Crippen molar-refractivity contribution >= 4 is 17.5 Å². The van der Waals surface area contributed by atoms with E-state index >= 15 is 0 Å². The third-order valence-corrected chi connectivity index (χ3v) is 3.34. The van der Waals surface area contributed by atoms with E-state index in [1.54, 1.807) is 29.6 Å². The highest BCUT2D eigenvalue weighted by Gasteiger charge is 2.27. The average Bonchev–Trinajstić information content (AvgIpc) is 2.61. The van der Waals surface area contributed by atoms with Crippen LogP contribution in [0.1, 0.15) is 21.5 Å². The predicted molar refractivity (Wildman–Crippen MR) is 88.3 cm³/mol. The van der Waals surface area contributed by atoms with Crippen LogP contribution in [0.5, 0.6) is 0 Å². The molecule has 0 saturated carbocycles. The number of amides is 2. The zero-order valence-corrected chi connectivity index (χ0v) is 13.4. The number of rotatable bonds is 5. The molecule has 0 aliphatic heterocycles. The molecule has 0 saturated heterocycles. The Balaban J connectivity index is 1.91. The molecular weight excluding hydrogens is 347 g/mol. The Morgan fingerprint density at radius 2 is 1.62 bits per heavy atom. The third-order valence-electron chi connectivity index (χ3n) is 3.34. The van der Waals surface area contributed by atoms with E-state index in [1.807, 2.05) is 6.07 Å². The smallest absolute Gasteiger partial charge is 0.347 e. The fourth-order valence-corrected chi connectivity index (χ4v) is 2.05. The van der Waals surface area contributed by atoms with E-state index in [9.17, 15) is 22.8 Å². The van der Waals surface area contributed by atoms with Crippen molar-refractivity contribution in [3.8, 4) is 6.07 Å². The number of nitrogens with zero attached hydrogens (tertiary/aromatic N) is 1. The van der Waals surface area contributed by atoms with Crippen LogP contribution < -0.4 is 10.6 Å². The van der Waals surface area contributed by atoms with Gasteiger partial charge in [0, 0.05) is 11.3 Å². The lowest BCUT2D eigenvalue weighted by molar-refractivity contribution is -0.138. The highest BCUT2D eigenvalue weighted by molar-refractivity contribution is 6.04. The molecule has 0 heterocycles. The Morgan fingerprint density at radius 1 is 1.00 bits per heavy atom. The standard InChI is InChI=1S/C18H14F3N3O2/c19-18(20,21)11-23-16(25)9-12-3-7-15(8-4-12)24-17(26)14-5-1-13(10-22)2-6-14/h1-8H,9,11H2,(H,23,25)(H,24,26). The van der Waals surface area contributed by atoms with Crippen LogP contribution in [0.2, 0.25) is 0 Å². The van der Waals surface area contributed by atoms with E-state index in [0.29, 0.717) is 22.4 Å². The molecule has 2 aromatic carbocycles. The van der Waals surface area contributed by atoms with Crippen molar-refractivity contribution in [3.63, 3.8) is 0 Å². The van der Waals surface area contributed by atoms with Gasteiger partial charge in [-0.15, -0.1) is 0 Å². The Morgan fingerprint density at radius 3 is 2.15 bits per heavy atom. The van der Waals surface area contributed by atoms with Crippen molar-refractivity contribution in [2.75, 3.05) is 11.9 Å². The molecule has 2 N–H and O–H groups in total. The largest absolute Gasteiger partial charge is 0.405 e. The number of benzene rings is 2. The van der Waals surface area contributed by atoms with Gasteiger partial charge in [0.05, 0.1) is 18.1 Å². The van der Waals surface area contributed by atoms with Gasteiger partial charge in [-0.05, 0) is 42.0 Å². The minimum Gasteiger partial charge on any atom is -0.347 e.